The maximum Gasteiger partial charge on any atom is 0.275 e. The molecule has 2 aromatic carbocycles. The number of fused-ring (bicyclic) bond motifs is 1. The number of amides is 1. The van der Waals surface area contributed by atoms with Crippen LogP contribution in [0, 0.1) is 0 Å². The third-order valence-electron chi connectivity index (χ3n) is 3.52. The van der Waals surface area contributed by atoms with Gasteiger partial charge < -0.3 is 4.90 Å². The number of hydrogen-bond acceptors (Lipinski definition) is 3. The standard InChI is InChI=1S/C18H17N3O/c1-21(2)14-10-7-13(8-11-14)9-12-17-18(22)20-16-6-4-3-5-15(16)19-17/h3-12,17H,1-2H3/b12-9+. The Bertz CT molecular complexity index is 835. The third kappa shape index (κ3) is 2.96. The molecule has 0 saturated heterocycles. The molecule has 1 unspecified atom stereocenters. The molecule has 1 atom stereocenters. The van der Waals surface area contributed by atoms with E-state index < -0.39 is 6.04 Å². The van der Waals surface area contributed by atoms with Gasteiger partial charge in [-0.3, -0.25) is 9.79 Å². The van der Waals surface area contributed by atoms with Gasteiger partial charge in [-0.1, -0.05) is 36.4 Å². The number of rotatable bonds is 3. The van der Waals surface area contributed by atoms with E-state index in [0.717, 1.165) is 16.6 Å². The van der Waals surface area contributed by atoms with E-state index >= 15 is 0 Å². The highest BCUT2D eigenvalue weighted by Crippen LogP contribution is 2.13. The van der Waals surface area contributed by atoms with Crippen LogP contribution in [0.2, 0.25) is 0 Å². The van der Waals surface area contributed by atoms with Crippen LogP contribution < -0.4 is 15.6 Å². The lowest BCUT2D eigenvalue weighted by molar-refractivity contribution is -0.118. The number of benzene rings is 2. The van der Waals surface area contributed by atoms with E-state index in [1.165, 1.54) is 0 Å². The first kappa shape index (κ1) is 14.2. The summed E-state index contributed by atoms with van der Waals surface area (Å²) in [5.41, 5.74) is 2.17. The molecule has 0 saturated carbocycles. The Morgan fingerprint density at radius 3 is 2.36 bits per heavy atom. The number of carbonyl (C=O) groups excluding carboxylic acids is 1. The van der Waals surface area contributed by atoms with Crippen molar-refractivity contribution in [1.82, 2.24) is 0 Å². The largest absolute Gasteiger partial charge is 0.378 e. The Hall–Kier alpha value is -2.75. The van der Waals surface area contributed by atoms with E-state index in [1.54, 1.807) is 12.1 Å². The predicted molar refractivity (Wildman–Crippen MR) is 87.4 cm³/mol. The van der Waals surface area contributed by atoms with Crippen LogP contribution in [0.5, 0.6) is 0 Å². The van der Waals surface area contributed by atoms with Crippen LogP contribution in [0.1, 0.15) is 5.56 Å². The number of para-hydroxylation sites is 2. The zero-order valence-electron chi connectivity index (χ0n) is 12.6. The van der Waals surface area contributed by atoms with Gasteiger partial charge in [0.15, 0.2) is 0 Å². The first-order chi connectivity index (χ1) is 10.6. The normalized spacial score (nSPS) is 16.8. The van der Waals surface area contributed by atoms with Gasteiger partial charge in [0.25, 0.3) is 5.91 Å². The maximum absolute atomic E-state index is 12.0. The molecule has 3 rings (SSSR count). The van der Waals surface area contributed by atoms with Crippen molar-refractivity contribution in [3.8, 4) is 0 Å². The number of carbonyl (C=O) groups is 1. The molecular weight excluding hydrogens is 274 g/mol. The molecule has 1 aliphatic rings. The Morgan fingerprint density at radius 1 is 1.00 bits per heavy atom. The van der Waals surface area contributed by atoms with Crippen LogP contribution in [-0.2, 0) is 4.79 Å². The summed E-state index contributed by atoms with van der Waals surface area (Å²) in [5.74, 6) is -0.222. The van der Waals surface area contributed by atoms with E-state index in [4.69, 9.17) is 0 Å². The molecule has 1 heterocycles. The Kier molecular flexibility index (Phi) is 3.83. The number of anilines is 1. The molecule has 0 spiro atoms. The first-order valence-corrected chi connectivity index (χ1v) is 7.14. The molecule has 22 heavy (non-hydrogen) atoms. The van der Waals surface area contributed by atoms with E-state index in [0.29, 0.717) is 5.36 Å². The highest BCUT2D eigenvalue weighted by Gasteiger charge is 2.15. The average molecular weight is 291 g/mol. The topological polar surface area (TPSA) is 45.0 Å². The Labute approximate surface area is 129 Å². The SMILES string of the molecule is CN(C)c1ccc(/C=C/C2N=c3ccccc3=NC2=O)cc1. The molecule has 1 aliphatic heterocycles. The minimum absolute atomic E-state index is 0.222. The van der Waals surface area contributed by atoms with Crippen LogP contribution in [0.25, 0.3) is 6.08 Å². The van der Waals surface area contributed by atoms with E-state index in [1.807, 2.05) is 67.5 Å². The summed E-state index contributed by atoms with van der Waals surface area (Å²) in [6.07, 6.45) is 3.71. The first-order valence-electron chi connectivity index (χ1n) is 7.14. The summed E-state index contributed by atoms with van der Waals surface area (Å²) in [6, 6.07) is 15.0. The summed E-state index contributed by atoms with van der Waals surface area (Å²) in [7, 11) is 4.01. The van der Waals surface area contributed by atoms with E-state index in [9.17, 15) is 4.79 Å². The fraction of sp³-hybridized carbons (Fsp3) is 0.167. The summed E-state index contributed by atoms with van der Waals surface area (Å²) >= 11 is 0. The molecule has 110 valence electrons. The van der Waals surface area contributed by atoms with Crippen LogP contribution in [0.4, 0.5) is 5.69 Å². The molecule has 0 fully saturated rings. The maximum atomic E-state index is 12.0. The van der Waals surface area contributed by atoms with Gasteiger partial charge in [-0.15, -0.1) is 0 Å². The van der Waals surface area contributed by atoms with E-state index in [2.05, 4.69) is 9.98 Å². The second kappa shape index (κ2) is 5.93. The molecule has 0 N–H and O–H groups in total. The van der Waals surface area contributed by atoms with Gasteiger partial charge in [0.05, 0.1) is 10.7 Å². The van der Waals surface area contributed by atoms with Crippen molar-refractivity contribution in [2.45, 2.75) is 6.04 Å². The molecule has 0 aliphatic carbocycles. The quantitative estimate of drug-likeness (QED) is 0.862. The summed E-state index contributed by atoms with van der Waals surface area (Å²) in [5, 5.41) is 1.41. The summed E-state index contributed by atoms with van der Waals surface area (Å²) < 4.78 is 0. The minimum atomic E-state index is -0.538. The van der Waals surface area contributed by atoms with E-state index in [-0.39, 0.29) is 5.91 Å². The lowest BCUT2D eigenvalue weighted by atomic mass is 10.1. The van der Waals surface area contributed by atoms with Crippen molar-refractivity contribution < 1.29 is 4.79 Å². The third-order valence-corrected chi connectivity index (χ3v) is 3.52. The highest BCUT2D eigenvalue weighted by atomic mass is 16.1. The molecule has 4 nitrogen and oxygen atoms in total. The van der Waals surface area contributed by atoms with Crippen molar-refractivity contribution in [2.75, 3.05) is 19.0 Å². The van der Waals surface area contributed by atoms with Crippen LogP contribution in [-0.4, -0.2) is 26.0 Å². The van der Waals surface area contributed by atoms with Crippen molar-refractivity contribution >= 4 is 17.7 Å². The lowest BCUT2D eigenvalue weighted by Gasteiger charge is -2.12. The van der Waals surface area contributed by atoms with Gasteiger partial charge in [0, 0.05) is 19.8 Å². The van der Waals surface area contributed by atoms with Gasteiger partial charge in [-0.25, -0.2) is 4.99 Å². The molecule has 0 bridgehead atoms. The van der Waals surface area contributed by atoms with Crippen molar-refractivity contribution in [1.29, 1.82) is 0 Å². The minimum Gasteiger partial charge on any atom is -0.378 e. The molecule has 0 radical (unpaired) electrons. The summed E-state index contributed by atoms with van der Waals surface area (Å²) in [4.78, 5) is 22.6. The molecule has 1 amide bonds. The second-order valence-corrected chi connectivity index (χ2v) is 5.36. The zero-order chi connectivity index (χ0) is 15.5. The smallest absolute Gasteiger partial charge is 0.275 e. The van der Waals surface area contributed by atoms with Gasteiger partial charge in [-0.05, 0) is 29.8 Å². The Balaban J connectivity index is 1.84. The van der Waals surface area contributed by atoms with Gasteiger partial charge in [0.1, 0.15) is 6.04 Å². The van der Waals surface area contributed by atoms with Crippen molar-refractivity contribution in [2.24, 2.45) is 9.98 Å². The van der Waals surface area contributed by atoms with Gasteiger partial charge >= 0.3 is 0 Å². The van der Waals surface area contributed by atoms with Crippen LogP contribution >= 0.6 is 0 Å². The molecule has 2 aromatic rings. The molecular formula is C18H17N3O. The molecule has 4 heteroatoms. The molecule has 0 aromatic heterocycles. The average Bonchev–Trinajstić information content (AvgIpc) is 2.53. The van der Waals surface area contributed by atoms with Gasteiger partial charge in [-0.2, -0.15) is 0 Å². The van der Waals surface area contributed by atoms with Gasteiger partial charge in [0.2, 0.25) is 0 Å². The Morgan fingerprint density at radius 2 is 1.68 bits per heavy atom. The van der Waals surface area contributed by atoms with Crippen LogP contribution in [0.3, 0.4) is 0 Å². The summed E-state index contributed by atoms with van der Waals surface area (Å²) in [6.45, 7) is 0. The predicted octanol–water partition coefficient (Wildman–Crippen LogP) is 1.61. The monoisotopic (exact) mass is 291 g/mol. The fourth-order valence-corrected chi connectivity index (χ4v) is 2.27. The highest BCUT2D eigenvalue weighted by molar-refractivity contribution is 5.86. The lowest BCUT2D eigenvalue weighted by Crippen LogP contribution is -2.35. The zero-order valence-corrected chi connectivity index (χ0v) is 12.6. The fourth-order valence-electron chi connectivity index (χ4n) is 2.27. The van der Waals surface area contributed by atoms with Crippen molar-refractivity contribution in [3.63, 3.8) is 0 Å². The number of nitrogens with zero attached hydrogens (tertiary/aromatic N) is 3. The second-order valence-electron chi connectivity index (χ2n) is 5.36. The van der Waals surface area contributed by atoms with Crippen LogP contribution in [0.15, 0.2) is 64.6 Å². The van der Waals surface area contributed by atoms with Crippen molar-refractivity contribution in [3.05, 3.63) is 70.9 Å². The number of hydrogen-bond donors (Lipinski definition) is 0.